The first kappa shape index (κ1) is 27.1. The zero-order valence-electron chi connectivity index (χ0n) is 14.6. The van der Waals surface area contributed by atoms with E-state index >= 15 is 0 Å². The molecule has 0 aliphatic carbocycles. The molecule has 26 heavy (non-hydrogen) atoms. The van der Waals surface area contributed by atoms with Crippen LogP contribution in [0.4, 0.5) is 0 Å². The third-order valence-corrected chi connectivity index (χ3v) is 3.34. The van der Waals surface area contributed by atoms with Crippen LogP contribution < -0.4 is 11.3 Å². The number of halogens is 4. The molecule has 2 rings (SSSR count). The van der Waals surface area contributed by atoms with Crippen molar-refractivity contribution in [2.24, 2.45) is 5.84 Å². The average molecular weight is 440 g/mol. The van der Waals surface area contributed by atoms with Crippen LogP contribution in [0.2, 0.25) is 5.02 Å². The van der Waals surface area contributed by atoms with Gasteiger partial charge in [-0.05, 0) is 50.6 Å². The van der Waals surface area contributed by atoms with E-state index in [2.05, 4.69) is 5.43 Å². The lowest BCUT2D eigenvalue weighted by Crippen LogP contribution is -2.41. The van der Waals surface area contributed by atoms with Crippen molar-refractivity contribution in [2.45, 2.75) is 26.3 Å². The normalized spacial score (nSPS) is 9.77. The summed E-state index contributed by atoms with van der Waals surface area (Å²) in [5.74, 6) is 4.78. The van der Waals surface area contributed by atoms with Gasteiger partial charge >= 0.3 is 0 Å². The van der Waals surface area contributed by atoms with E-state index in [1.54, 1.807) is 42.5 Å². The Labute approximate surface area is 176 Å². The second-order valence-electron chi connectivity index (χ2n) is 6.05. The molecular formula is C18H22Cl4N2O2. The average Bonchev–Trinajstić information content (AvgIpc) is 2.54. The Bertz CT molecular complexity index is 731. The smallest absolute Gasteiger partial charge is 0.253 e. The van der Waals surface area contributed by atoms with Crippen LogP contribution in [0.25, 0.3) is 0 Å². The summed E-state index contributed by atoms with van der Waals surface area (Å²) in [6.45, 7) is 6.02. The molecule has 2 aromatic carbocycles. The lowest BCUT2D eigenvalue weighted by atomic mass is 9.99. The van der Waals surface area contributed by atoms with Crippen molar-refractivity contribution in [1.82, 2.24) is 5.43 Å². The fraction of sp³-hybridized carbons (Fsp3) is 0.222. The summed E-state index contributed by atoms with van der Waals surface area (Å²) in [6, 6.07) is 13.0. The van der Waals surface area contributed by atoms with Crippen molar-refractivity contribution in [1.29, 1.82) is 0 Å². The topological polar surface area (TPSA) is 72.2 Å². The van der Waals surface area contributed by atoms with Crippen LogP contribution in [-0.2, 0) is 0 Å². The van der Waals surface area contributed by atoms with Crippen molar-refractivity contribution in [3.05, 3.63) is 70.2 Å². The number of benzene rings is 2. The van der Waals surface area contributed by atoms with Gasteiger partial charge in [-0.2, -0.15) is 0 Å². The number of nitrogens with one attached hydrogen (secondary N) is 1. The Morgan fingerprint density at radius 1 is 0.962 bits per heavy atom. The third kappa shape index (κ3) is 8.99. The van der Waals surface area contributed by atoms with Gasteiger partial charge < -0.3 is 0 Å². The molecule has 0 aliphatic heterocycles. The maximum absolute atomic E-state index is 12.3. The van der Waals surface area contributed by atoms with Crippen LogP contribution in [-0.4, -0.2) is 16.6 Å². The van der Waals surface area contributed by atoms with Crippen molar-refractivity contribution in [3.63, 3.8) is 0 Å². The number of nitrogens with two attached hydrogens (primary N) is 1. The van der Waals surface area contributed by atoms with Crippen LogP contribution in [0.15, 0.2) is 48.5 Å². The molecule has 0 saturated heterocycles. The summed E-state index contributed by atoms with van der Waals surface area (Å²) >= 11 is 11.3. The monoisotopic (exact) mass is 438 g/mol. The standard InChI is InChI=1S/C14H8Cl2O2.C4H12N2.2ClH/c15-10-5-3-4-9(8-10)13(17)11-6-1-2-7-12(11)14(16)18;1-4(2,3)6-5;;/h1-8H;6H,5H2,1-3H3;2*1H. The largest absolute Gasteiger partial charge is 0.289 e. The fourth-order valence-electron chi connectivity index (χ4n) is 1.64. The minimum absolute atomic E-state index is 0. The zero-order chi connectivity index (χ0) is 18.3. The Hall–Kier alpha value is -1.14. The third-order valence-electron chi connectivity index (χ3n) is 2.90. The molecular weight excluding hydrogens is 418 g/mol. The highest BCUT2D eigenvalue weighted by molar-refractivity contribution is 6.68. The van der Waals surface area contributed by atoms with Crippen LogP contribution in [0.1, 0.15) is 47.1 Å². The summed E-state index contributed by atoms with van der Waals surface area (Å²) in [6.07, 6.45) is 0. The predicted octanol–water partition coefficient (Wildman–Crippen LogP) is 5.04. The summed E-state index contributed by atoms with van der Waals surface area (Å²) in [5.41, 5.74) is 3.57. The van der Waals surface area contributed by atoms with Gasteiger partial charge in [0.2, 0.25) is 0 Å². The van der Waals surface area contributed by atoms with Crippen LogP contribution in [0, 0.1) is 0 Å². The van der Waals surface area contributed by atoms with Gasteiger partial charge in [0.05, 0.1) is 0 Å². The van der Waals surface area contributed by atoms with Gasteiger partial charge in [-0.25, -0.2) is 0 Å². The molecule has 0 saturated carbocycles. The Balaban J connectivity index is 0. The van der Waals surface area contributed by atoms with Crippen LogP contribution in [0.3, 0.4) is 0 Å². The molecule has 8 heteroatoms. The molecule has 144 valence electrons. The second kappa shape index (κ2) is 12.3. The molecule has 0 aliphatic rings. The maximum Gasteiger partial charge on any atom is 0.253 e. The predicted molar refractivity (Wildman–Crippen MR) is 113 cm³/mol. The van der Waals surface area contributed by atoms with E-state index in [1.165, 1.54) is 6.07 Å². The Morgan fingerprint density at radius 3 is 1.88 bits per heavy atom. The number of hydrogen-bond acceptors (Lipinski definition) is 4. The molecule has 0 heterocycles. The number of carbonyl (C=O) groups is 2. The van der Waals surface area contributed by atoms with E-state index in [-0.39, 0.29) is 47.3 Å². The minimum Gasteiger partial charge on any atom is -0.289 e. The van der Waals surface area contributed by atoms with Crippen molar-refractivity contribution >= 4 is 59.0 Å². The number of rotatable bonds is 3. The summed E-state index contributed by atoms with van der Waals surface area (Å²) in [4.78, 5) is 23.5. The summed E-state index contributed by atoms with van der Waals surface area (Å²) in [5, 5.41) is -0.184. The highest BCUT2D eigenvalue weighted by Crippen LogP contribution is 2.18. The summed E-state index contributed by atoms with van der Waals surface area (Å²) in [7, 11) is 0. The summed E-state index contributed by atoms with van der Waals surface area (Å²) < 4.78 is 0. The zero-order valence-corrected chi connectivity index (χ0v) is 17.7. The van der Waals surface area contributed by atoms with Crippen molar-refractivity contribution < 1.29 is 9.59 Å². The molecule has 0 atom stereocenters. The Morgan fingerprint density at radius 2 is 1.46 bits per heavy atom. The van der Waals surface area contributed by atoms with Gasteiger partial charge in [0.25, 0.3) is 5.24 Å². The van der Waals surface area contributed by atoms with Gasteiger partial charge in [0.1, 0.15) is 0 Å². The highest BCUT2D eigenvalue weighted by atomic mass is 35.5. The SMILES string of the molecule is CC(C)(C)NN.Cl.Cl.O=C(Cl)c1ccccc1C(=O)c1cccc(Cl)c1. The number of hydrazine groups is 1. The first-order chi connectivity index (χ1) is 11.2. The lowest BCUT2D eigenvalue weighted by molar-refractivity contribution is 0.102. The number of carbonyl (C=O) groups excluding carboxylic acids is 2. The molecule has 0 unspecified atom stereocenters. The van der Waals surface area contributed by atoms with Crippen LogP contribution in [0.5, 0.6) is 0 Å². The van der Waals surface area contributed by atoms with Gasteiger partial charge in [-0.1, -0.05) is 41.9 Å². The van der Waals surface area contributed by atoms with Gasteiger partial charge in [-0.15, -0.1) is 24.8 Å². The van der Waals surface area contributed by atoms with Crippen molar-refractivity contribution in [2.75, 3.05) is 0 Å². The second-order valence-corrected chi connectivity index (χ2v) is 6.83. The molecule has 0 fully saturated rings. The molecule has 3 N–H and O–H groups in total. The molecule has 0 aromatic heterocycles. The number of ketones is 1. The van der Waals surface area contributed by atoms with E-state index in [4.69, 9.17) is 29.0 Å². The van der Waals surface area contributed by atoms with E-state index in [1.807, 2.05) is 20.8 Å². The molecule has 0 spiro atoms. The van der Waals surface area contributed by atoms with E-state index in [9.17, 15) is 9.59 Å². The van der Waals surface area contributed by atoms with Gasteiger partial charge in [-0.3, -0.25) is 20.9 Å². The van der Waals surface area contributed by atoms with Crippen molar-refractivity contribution in [3.8, 4) is 0 Å². The molecule has 0 amide bonds. The van der Waals surface area contributed by atoms with E-state index < -0.39 is 5.24 Å². The van der Waals surface area contributed by atoms with Gasteiger partial charge in [0.15, 0.2) is 5.78 Å². The van der Waals surface area contributed by atoms with E-state index in [0.717, 1.165) is 0 Å². The van der Waals surface area contributed by atoms with E-state index in [0.29, 0.717) is 10.6 Å². The number of hydrogen-bond donors (Lipinski definition) is 2. The van der Waals surface area contributed by atoms with Gasteiger partial charge in [0, 0.05) is 27.3 Å². The minimum atomic E-state index is -0.652. The Kier molecular flexibility index (Phi) is 12.8. The van der Waals surface area contributed by atoms with Crippen LogP contribution >= 0.6 is 48.0 Å². The fourth-order valence-corrected chi connectivity index (χ4v) is 1.99. The molecule has 0 radical (unpaired) electrons. The first-order valence-electron chi connectivity index (χ1n) is 7.22. The maximum atomic E-state index is 12.3. The molecule has 0 bridgehead atoms. The molecule has 2 aromatic rings. The highest BCUT2D eigenvalue weighted by Gasteiger charge is 2.16. The molecule has 4 nitrogen and oxygen atoms in total. The first-order valence-corrected chi connectivity index (χ1v) is 7.98. The quantitative estimate of drug-likeness (QED) is 0.304. The lowest BCUT2D eigenvalue weighted by Gasteiger charge is -2.14.